The molecule has 5 rings (SSSR count). The maximum Gasteiger partial charge on any atom is 0.231 e. The lowest BCUT2D eigenvalue weighted by Gasteiger charge is -2.17. The average molecular weight is 573 g/mol. The van der Waals surface area contributed by atoms with Gasteiger partial charge in [-0.3, -0.25) is 0 Å². The third-order valence-electron chi connectivity index (χ3n) is 7.21. The summed E-state index contributed by atoms with van der Waals surface area (Å²) in [6.45, 7) is 0.198. The zero-order valence-corrected chi connectivity index (χ0v) is 24.7. The molecule has 0 unspecified atom stereocenters. The predicted molar refractivity (Wildman–Crippen MR) is 160 cm³/mol. The molecule has 0 saturated carbocycles. The van der Waals surface area contributed by atoms with Gasteiger partial charge in [-0.1, -0.05) is 12.1 Å². The molecule has 0 atom stereocenters. The smallest absolute Gasteiger partial charge is 0.231 e. The number of ether oxygens (including phenoxy) is 8. The van der Waals surface area contributed by atoms with Crippen molar-refractivity contribution in [1.82, 2.24) is 0 Å². The minimum absolute atomic E-state index is 0.198. The fourth-order valence-corrected chi connectivity index (χ4v) is 5.01. The first-order chi connectivity index (χ1) is 20.5. The summed E-state index contributed by atoms with van der Waals surface area (Å²) in [5, 5.41) is 0. The molecule has 0 fully saturated rings. The second kappa shape index (κ2) is 13.3. The molecule has 0 aromatic heterocycles. The fourth-order valence-electron chi connectivity index (χ4n) is 5.01. The molecule has 0 spiro atoms. The number of benzene rings is 4. The van der Waals surface area contributed by atoms with Crippen molar-refractivity contribution in [1.29, 1.82) is 0 Å². The molecule has 1 heterocycles. The molecule has 0 bridgehead atoms. The highest BCUT2D eigenvalue weighted by molar-refractivity contribution is 5.56. The zero-order valence-electron chi connectivity index (χ0n) is 24.7. The fraction of sp³-hybridized carbons (Fsp3) is 0.294. The van der Waals surface area contributed by atoms with E-state index in [9.17, 15) is 0 Å². The monoisotopic (exact) mass is 572 g/mol. The molecule has 0 N–H and O–H groups in total. The molecule has 1 aliphatic heterocycles. The van der Waals surface area contributed by atoms with Gasteiger partial charge in [0.2, 0.25) is 12.5 Å². The molecule has 0 amide bonds. The van der Waals surface area contributed by atoms with Gasteiger partial charge in [-0.05, 0) is 90.4 Å². The van der Waals surface area contributed by atoms with Gasteiger partial charge in [0.15, 0.2) is 23.0 Å². The van der Waals surface area contributed by atoms with Gasteiger partial charge in [-0.2, -0.15) is 0 Å². The lowest BCUT2D eigenvalue weighted by atomic mass is 10.0. The van der Waals surface area contributed by atoms with Crippen LogP contribution in [0.15, 0.2) is 66.7 Å². The quantitative estimate of drug-likeness (QED) is 0.173. The lowest BCUT2D eigenvalue weighted by Crippen LogP contribution is -2.00. The van der Waals surface area contributed by atoms with Crippen molar-refractivity contribution < 1.29 is 37.9 Å². The number of hydrogen-bond donors (Lipinski definition) is 0. The number of hydrogen-bond acceptors (Lipinski definition) is 8. The van der Waals surface area contributed by atoms with Gasteiger partial charge in [0.1, 0.15) is 23.0 Å². The first kappa shape index (κ1) is 28.8. The molecule has 8 heteroatoms. The summed E-state index contributed by atoms with van der Waals surface area (Å²) >= 11 is 0. The van der Waals surface area contributed by atoms with E-state index in [1.165, 1.54) is 5.56 Å². The first-order valence-corrected chi connectivity index (χ1v) is 13.7. The molecule has 0 radical (unpaired) electrons. The standard InChI is InChI=1S/C34H36O8/c1-35-26-8-6-7-22(13-26)11-12-25-18-31(30(38-4)20-29(25)37-3)42-28-15-23(14-27(19-28)36-2)9-10-24-16-32(39-5)34-33(17-24)40-21-41-34/h6-8,13-20H,9-12,21H2,1-5H3. The summed E-state index contributed by atoms with van der Waals surface area (Å²) in [5.74, 6) is 6.13. The topological polar surface area (TPSA) is 73.8 Å². The molecule has 0 saturated heterocycles. The number of rotatable bonds is 13. The van der Waals surface area contributed by atoms with Crippen LogP contribution in [-0.4, -0.2) is 42.3 Å². The lowest BCUT2D eigenvalue weighted by molar-refractivity contribution is 0.171. The number of aryl methyl sites for hydroxylation is 4. The molecule has 4 aromatic rings. The average Bonchev–Trinajstić information content (AvgIpc) is 3.51. The van der Waals surface area contributed by atoms with E-state index < -0.39 is 0 Å². The van der Waals surface area contributed by atoms with Crippen LogP contribution < -0.4 is 37.9 Å². The molecule has 1 aliphatic rings. The van der Waals surface area contributed by atoms with Crippen molar-refractivity contribution in [2.24, 2.45) is 0 Å². The van der Waals surface area contributed by atoms with Crippen LogP contribution in [0.5, 0.6) is 51.7 Å². The number of methoxy groups -OCH3 is 5. The van der Waals surface area contributed by atoms with Gasteiger partial charge in [0.25, 0.3) is 0 Å². The highest BCUT2D eigenvalue weighted by Crippen LogP contribution is 2.42. The second-order valence-corrected chi connectivity index (χ2v) is 9.82. The predicted octanol–water partition coefficient (Wildman–Crippen LogP) is 6.82. The summed E-state index contributed by atoms with van der Waals surface area (Å²) < 4.78 is 45.4. The SMILES string of the molecule is COc1cccc(CCc2cc(Oc3cc(CCc4cc(OC)c5c(c4)OCO5)cc(OC)c3)c(OC)cc2OC)c1. The summed E-state index contributed by atoms with van der Waals surface area (Å²) in [5.41, 5.74) is 4.33. The molecule has 8 nitrogen and oxygen atoms in total. The highest BCUT2D eigenvalue weighted by atomic mass is 16.7. The van der Waals surface area contributed by atoms with E-state index >= 15 is 0 Å². The zero-order chi connectivity index (χ0) is 29.5. The Balaban J connectivity index is 1.36. The van der Waals surface area contributed by atoms with E-state index in [0.717, 1.165) is 53.9 Å². The Bertz CT molecular complexity index is 1530. The summed E-state index contributed by atoms with van der Waals surface area (Å²) in [4.78, 5) is 0. The third kappa shape index (κ3) is 6.60. The van der Waals surface area contributed by atoms with Crippen LogP contribution in [0, 0.1) is 0 Å². The van der Waals surface area contributed by atoms with Crippen LogP contribution >= 0.6 is 0 Å². The van der Waals surface area contributed by atoms with E-state index in [2.05, 4.69) is 6.07 Å². The molecule has 42 heavy (non-hydrogen) atoms. The summed E-state index contributed by atoms with van der Waals surface area (Å²) in [6.07, 6.45) is 3.08. The Morgan fingerprint density at radius 1 is 0.524 bits per heavy atom. The molecular weight excluding hydrogens is 536 g/mol. The van der Waals surface area contributed by atoms with Crippen molar-refractivity contribution in [2.45, 2.75) is 25.7 Å². The van der Waals surface area contributed by atoms with E-state index in [1.807, 2.05) is 60.7 Å². The van der Waals surface area contributed by atoms with Crippen LogP contribution in [0.25, 0.3) is 0 Å². The van der Waals surface area contributed by atoms with Gasteiger partial charge in [0.05, 0.1) is 35.5 Å². The van der Waals surface area contributed by atoms with Crippen LogP contribution in [-0.2, 0) is 25.7 Å². The van der Waals surface area contributed by atoms with Gasteiger partial charge in [-0.25, -0.2) is 0 Å². The second-order valence-electron chi connectivity index (χ2n) is 9.82. The largest absolute Gasteiger partial charge is 0.497 e. The van der Waals surface area contributed by atoms with Crippen LogP contribution in [0.2, 0.25) is 0 Å². The maximum absolute atomic E-state index is 6.42. The summed E-state index contributed by atoms with van der Waals surface area (Å²) in [7, 11) is 8.23. The minimum atomic E-state index is 0.198. The van der Waals surface area contributed by atoms with Gasteiger partial charge in [-0.15, -0.1) is 0 Å². The Kier molecular flexibility index (Phi) is 9.12. The maximum atomic E-state index is 6.42. The Morgan fingerprint density at radius 3 is 1.95 bits per heavy atom. The van der Waals surface area contributed by atoms with Gasteiger partial charge in [0, 0.05) is 12.1 Å². The van der Waals surface area contributed by atoms with E-state index in [0.29, 0.717) is 40.2 Å². The van der Waals surface area contributed by atoms with Crippen LogP contribution in [0.3, 0.4) is 0 Å². The Labute approximate surface area is 246 Å². The molecule has 4 aromatic carbocycles. The van der Waals surface area contributed by atoms with Crippen molar-refractivity contribution in [3.05, 3.63) is 89.0 Å². The van der Waals surface area contributed by atoms with Crippen molar-refractivity contribution in [3.63, 3.8) is 0 Å². The Hall–Kier alpha value is -4.72. The van der Waals surface area contributed by atoms with Crippen molar-refractivity contribution in [2.75, 3.05) is 42.3 Å². The number of fused-ring (bicyclic) bond motifs is 1. The van der Waals surface area contributed by atoms with E-state index in [1.54, 1.807) is 35.5 Å². The van der Waals surface area contributed by atoms with Crippen LogP contribution in [0.4, 0.5) is 0 Å². The Morgan fingerprint density at radius 2 is 1.21 bits per heavy atom. The van der Waals surface area contributed by atoms with Crippen molar-refractivity contribution in [3.8, 4) is 51.7 Å². The molecule has 220 valence electrons. The van der Waals surface area contributed by atoms with E-state index in [-0.39, 0.29) is 6.79 Å². The normalized spacial score (nSPS) is 11.6. The molecule has 0 aliphatic carbocycles. The van der Waals surface area contributed by atoms with Crippen LogP contribution in [0.1, 0.15) is 22.3 Å². The summed E-state index contributed by atoms with van der Waals surface area (Å²) in [6, 6.07) is 21.8. The van der Waals surface area contributed by atoms with Gasteiger partial charge >= 0.3 is 0 Å². The minimum Gasteiger partial charge on any atom is -0.497 e. The first-order valence-electron chi connectivity index (χ1n) is 13.7. The molecular formula is C34H36O8. The third-order valence-corrected chi connectivity index (χ3v) is 7.21. The van der Waals surface area contributed by atoms with E-state index in [4.69, 9.17) is 37.9 Å². The van der Waals surface area contributed by atoms with Gasteiger partial charge < -0.3 is 37.9 Å². The highest BCUT2D eigenvalue weighted by Gasteiger charge is 2.20. The van der Waals surface area contributed by atoms with Crippen molar-refractivity contribution >= 4 is 0 Å².